The van der Waals surface area contributed by atoms with Crippen molar-refractivity contribution in [1.82, 2.24) is 14.9 Å². The van der Waals surface area contributed by atoms with Crippen molar-refractivity contribution in [3.8, 4) is 11.4 Å². The second-order valence-electron chi connectivity index (χ2n) is 9.92. The van der Waals surface area contributed by atoms with E-state index in [4.69, 9.17) is 33.3 Å². The average Bonchev–Trinajstić information content (AvgIpc) is 3.48. The Balaban J connectivity index is 1.64. The Morgan fingerprint density at radius 3 is 2.60 bits per heavy atom. The van der Waals surface area contributed by atoms with Crippen LogP contribution in [0, 0.1) is 24.0 Å². The number of benzene rings is 2. The molecule has 0 spiro atoms. The summed E-state index contributed by atoms with van der Waals surface area (Å²) in [5, 5.41) is 19.0. The lowest BCUT2D eigenvalue weighted by Gasteiger charge is -2.28. The maximum atomic E-state index is 12.1. The number of hydrogen-bond donors (Lipinski definition) is 2. The quantitative estimate of drug-likeness (QED) is 0.135. The summed E-state index contributed by atoms with van der Waals surface area (Å²) in [6.07, 6.45) is 1.72. The molecule has 4 aromatic rings. The van der Waals surface area contributed by atoms with E-state index < -0.39 is 11.0 Å². The van der Waals surface area contributed by atoms with Crippen LogP contribution in [0.1, 0.15) is 34.7 Å². The summed E-state index contributed by atoms with van der Waals surface area (Å²) in [5.41, 5.74) is 4.72. The predicted molar refractivity (Wildman–Crippen MR) is 168 cm³/mol. The number of halogens is 1. The molecule has 1 amide bonds. The number of thiocarbonyl (C=S) groups is 1. The number of anilines is 2. The van der Waals surface area contributed by atoms with E-state index in [0.29, 0.717) is 32.9 Å². The maximum absolute atomic E-state index is 12.1. The fourth-order valence-corrected chi connectivity index (χ4v) is 6.01. The first-order valence-corrected chi connectivity index (χ1v) is 14.0. The van der Waals surface area contributed by atoms with Crippen molar-refractivity contribution in [3.05, 3.63) is 105 Å². The zero-order chi connectivity index (χ0) is 30.8. The summed E-state index contributed by atoms with van der Waals surface area (Å²) in [5.74, 6) is 0.0623. The van der Waals surface area contributed by atoms with Crippen LogP contribution in [0.2, 0.25) is 5.02 Å². The third kappa shape index (κ3) is 5.76. The minimum atomic E-state index is -0.416. The minimum Gasteiger partial charge on any atom is -0.496 e. The fraction of sp³-hybridized carbons (Fsp3) is 0.233. The first-order chi connectivity index (χ1) is 20.6. The second kappa shape index (κ2) is 12.4. The van der Waals surface area contributed by atoms with E-state index in [1.165, 1.54) is 20.3 Å². The summed E-state index contributed by atoms with van der Waals surface area (Å²) in [7, 11) is 2.91. The molecular weight excluding hydrogens is 592 g/mol. The van der Waals surface area contributed by atoms with Gasteiger partial charge in [0, 0.05) is 30.4 Å². The highest BCUT2D eigenvalue weighted by atomic mass is 35.5. The van der Waals surface area contributed by atoms with Gasteiger partial charge in [-0.1, -0.05) is 17.7 Å². The number of aryl methyl sites for hydroxylation is 1. The zero-order valence-corrected chi connectivity index (χ0v) is 25.4. The molecule has 3 heterocycles. The van der Waals surface area contributed by atoms with Crippen molar-refractivity contribution in [1.29, 1.82) is 0 Å². The molecule has 0 bridgehead atoms. The van der Waals surface area contributed by atoms with Gasteiger partial charge in [0.15, 0.2) is 5.11 Å². The number of nitrogens with one attached hydrogen (secondary N) is 2. The number of ether oxygens (including phenoxy) is 2. The van der Waals surface area contributed by atoms with E-state index in [0.717, 1.165) is 22.6 Å². The molecular formula is C30H29ClN6O5S. The fourth-order valence-electron chi connectivity index (χ4n) is 5.44. The molecule has 2 atom stereocenters. The number of nitrogens with zero attached hydrogens (tertiary/aromatic N) is 4. The Labute approximate surface area is 258 Å². The highest BCUT2D eigenvalue weighted by molar-refractivity contribution is 7.80. The van der Waals surface area contributed by atoms with E-state index >= 15 is 0 Å². The normalized spacial score (nSPS) is 16.2. The van der Waals surface area contributed by atoms with Gasteiger partial charge in [-0.2, -0.15) is 0 Å². The summed E-state index contributed by atoms with van der Waals surface area (Å²) < 4.78 is 12.0. The van der Waals surface area contributed by atoms with Gasteiger partial charge in [0.2, 0.25) is 5.91 Å². The summed E-state index contributed by atoms with van der Waals surface area (Å²) in [6.45, 7) is 3.72. The molecule has 5 rings (SSSR count). The number of aromatic nitrogens is 2. The molecule has 222 valence electrons. The minimum absolute atomic E-state index is 0.0798. The Kier molecular flexibility index (Phi) is 8.62. The highest BCUT2D eigenvalue weighted by Gasteiger charge is 2.42. The van der Waals surface area contributed by atoms with Crippen LogP contribution in [0.15, 0.2) is 66.9 Å². The van der Waals surface area contributed by atoms with Gasteiger partial charge in [0.25, 0.3) is 5.69 Å². The molecule has 13 heteroatoms. The number of carbonyl (C=O) groups is 1. The Hall–Kier alpha value is -4.52. The van der Waals surface area contributed by atoms with Crippen LogP contribution >= 0.6 is 23.8 Å². The molecule has 2 N–H and O–H groups in total. The molecule has 2 aromatic carbocycles. The van der Waals surface area contributed by atoms with Crippen LogP contribution in [0.4, 0.5) is 17.1 Å². The van der Waals surface area contributed by atoms with Crippen molar-refractivity contribution in [3.63, 3.8) is 0 Å². The molecule has 1 fully saturated rings. The lowest BCUT2D eigenvalue weighted by atomic mass is 9.96. The summed E-state index contributed by atoms with van der Waals surface area (Å²) in [4.78, 5) is 30.3. The third-order valence-electron chi connectivity index (χ3n) is 7.29. The molecule has 43 heavy (non-hydrogen) atoms. The topological polar surface area (TPSA) is 124 Å². The van der Waals surface area contributed by atoms with E-state index in [1.807, 2.05) is 53.6 Å². The van der Waals surface area contributed by atoms with Crippen LogP contribution in [0.25, 0.3) is 5.69 Å². The number of hydrogen-bond acceptors (Lipinski definition) is 7. The molecule has 0 saturated carbocycles. The van der Waals surface area contributed by atoms with Crippen molar-refractivity contribution < 1.29 is 19.2 Å². The van der Waals surface area contributed by atoms with Gasteiger partial charge in [-0.25, -0.2) is 0 Å². The Morgan fingerprint density at radius 2 is 1.95 bits per heavy atom. The molecule has 0 radical (unpaired) electrons. The third-order valence-corrected chi connectivity index (χ3v) is 7.91. The SMILES string of the molecule is COCC(=O)Nc1ccc(N2C(=S)N[C@@H](c3ccccn3)[C@@H]2c2cc(C)n(-c3ccc(OC)cc3[N+](=O)[O-])c2C)cc1Cl. The predicted octanol–water partition coefficient (Wildman–Crippen LogP) is 5.82. The molecule has 2 aromatic heterocycles. The van der Waals surface area contributed by atoms with Gasteiger partial charge in [-0.05, 0) is 80.2 Å². The number of pyridine rings is 1. The Bertz CT molecular complexity index is 1710. The van der Waals surface area contributed by atoms with Gasteiger partial charge in [-0.3, -0.25) is 19.9 Å². The summed E-state index contributed by atoms with van der Waals surface area (Å²) in [6, 6.07) is 17.0. The molecule has 1 aliphatic rings. The number of amides is 1. The highest BCUT2D eigenvalue weighted by Crippen LogP contribution is 2.45. The number of nitro benzene ring substituents is 1. The van der Waals surface area contributed by atoms with Gasteiger partial charge >= 0.3 is 0 Å². The largest absolute Gasteiger partial charge is 0.496 e. The van der Waals surface area contributed by atoms with Crippen LogP contribution in [0.5, 0.6) is 5.75 Å². The number of nitro groups is 1. The molecule has 0 aliphatic carbocycles. The molecule has 1 aliphatic heterocycles. The second-order valence-corrected chi connectivity index (χ2v) is 10.7. The van der Waals surface area contributed by atoms with Crippen LogP contribution in [-0.2, 0) is 9.53 Å². The average molecular weight is 621 g/mol. The summed E-state index contributed by atoms with van der Waals surface area (Å²) >= 11 is 12.5. The Morgan fingerprint density at radius 1 is 1.16 bits per heavy atom. The molecule has 0 unspecified atom stereocenters. The van der Waals surface area contributed by atoms with E-state index in [2.05, 4.69) is 15.6 Å². The zero-order valence-electron chi connectivity index (χ0n) is 23.8. The van der Waals surface area contributed by atoms with Crippen molar-refractivity contribution in [2.75, 3.05) is 31.0 Å². The number of rotatable bonds is 9. The van der Waals surface area contributed by atoms with Gasteiger partial charge < -0.3 is 29.6 Å². The smallest absolute Gasteiger partial charge is 0.296 e. The van der Waals surface area contributed by atoms with Gasteiger partial charge in [-0.15, -0.1) is 0 Å². The molecule has 1 saturated heterocycles. The van der Waals surface area contributed by atoms with Crippen molar-refractivity contribution in [2.45, 2.75) is 25.9 Å². The maximum Gasteiger partial charge on any atom is 0.296 e. The van der Waals surface area contributed by atoms with Crippen LogP contribution in [0.3, 0.4) is 0 Å². The number of methoxy groups -OCH3 is 2. The monoisotopic (exact) mass is 620 g/mol. The van der Waals surface area contributed by atoms with E-state index in [-0.39, 0.29) is 24.2 Å². The van der Waals surface area contributed by atoms with E-state index in [9.17, 15) is 14.9 Å². The first kappa shape index (κ1) is 30.0. The van der Waals surface area contributed by atoms with Gasteiger partial charge in [0.1, 0.15) is 18.0 Å². The van der Waals surface area contributed by atoms with Gasteiger partial charge in [0.05, 0.1) is 46.6 Å². The van der Waals surface area contributed by atoms with Crippen LogP contribution in [-0.4, -0.2) is 46.3 Å². The lowest BCUT2D eigenvalue weighted by molar-refractivity contribution is -0.384. The van der Waals surface area contributed by atoms with E-state index in [1.54, 1.807) is 30.5 Å². The first-order valence-electron chi connectivity index (χ1n) is 13.2. The standard InChI is InChI=1S/C30H29ClN6O5S/c1-17-13-21(18(2)35(17)25-11-9-20(42-4)15-26(25)37(39)40)29-28(24-7-5-6-12-32-24)34-30(43)36(29)19-8-10-23(22(31)14-19)33-27(38)16-41-3/h5-15,28-29H,16H2,1-4H3,(H,33,38)(H,34,43)/t28-,29-/m0/s1. The van der Waals surface area contributed by atoms with Crippen LogP contribution < -0.4 is 20.3 Å². The lowest BCUT2D eigenvalue weighted by Crippen LogP contribution is -2.29. The number of carbonyl (C=O) groups excluding carboxylic acids is 1. The molecule has 11 nitrogen and oxygen atoms in total. The van der Waals surface area contributed by atoms with Crippen molar-refractivity contribution in [2.24, 2.45) is 0 Å². The van der Waals surface area contributed by atoms with Crippen molar-refractivity contribution >= 4 is 51.9 Å².